The highest BCUT2D eigenvalue weighted by molar-refractivity contribution is 5.94. The van der Waals surface area contributed by atoms with Crippen molar-refractivity contribution in [3.8, 4) is 16.9 Å². The Morgan fingerprint density at radius 3 is 2.76 bits per heavy atom. The molecule has 1 fully saturated rings. The lowest BCUT2D eigenvalue weighted by atomic mass is 10.0. The van der Waals surface area contributed by atoms with Crippen molar-refractivity contribution in [1.29, 1.82) is 0 Å². The van der Waals surface area contributed by atoms with E-state index in [1.807, 2.05) is 4.57 Å². The van der Waals surface area contributed by atoms with E-state index in [1.54, 1.807) is 49.4 Å². The quantitative estimate of drug-likeness (QED) is 0.323. The van der Waals surface area contributed by atoms with Crippen LogP contribution in [0.4, 0.5) is 13.2 Å². The second-order valence-electron chi connectivity index (χ2n) is 8.74. The number of ketones is 1. The maximum absolute atomic E-state index is 15.1. The number of hydrogen-bond acceptors (Lipinski definition) is 4. The molecule has 3 atom stereocenters. The zero-order chi connectivity index (χ0) is 23.6. The summed E-state index contributed by atoms with van der Waals surface area (Å²) >= 11 is 0. The molecule has 0 bridgehead atoms. The number of imidazole rings is 1. The third-order valence-electron chi connectivity index (χ3n) is 6.80. The van der Waals surface area contributed by atoms with Crippen LogP contribution >= 0.6 is 0 Å². The van der Waals surface area contributed by atoms with Crippen LogP contribution in [0.15, 0.2) is 54.7 Å². The first-order chi connectivity index (χ1) is 16.5. The summed E-state index contributed by atoms with van der Waals surface area (Å²) in [7, 11) is 0. The number of pyridine rings is 1. The third-order valence-corrected chi connectivity index (χ3v) is 6.80. The molecule has 8 heteroatoms. The number of rotatable bonds is 6. The average molecular weight is 463 g/mol. The largest absolute Gasteiger partial charge is 0.434 e. The number of benzene rings is 2. The maximum atomic E-state index is 15.1. The van der Waals surface area contributed by atoms with Crippen molar-refractivity contribution in [2.45, 2.75) is 38.3 Å². The molecule has 2 aromatic heterocycles. The summed E-state index contributed by atoms with van der Waals surface area (Å²) in [6, 6.07) is 13.0. The van der Waals surface area contributed by atoms with Crippen molar-refractivity contribution in [3.05, 3.63) is 77.6 Å². The summed E-state index contributed by atoms with van der Waals surface area (Å²) in [5, 5.41) is 0. The molecule has 172 valence electrons. The first-order valence-electron chi connectivity index (χ1n) is 11.2. The van der Waals surface area contributed by atoms with Gasteiger partial charge in [0, 0.05) is 41.3 Å². The van der Waals surface area contributed by atoms with Crippen LogP contribution in [0.5, 0.6) is 5.75 Å². The van der Waals surface area contributed by atoms with Gasteiger partial charge in [-0.2, -0.15) is 8.78 Å². The maximum Gasteiger partial charge on any atom is 0.387 e. The first-order valence-corrected chi connectivity index (χ1v) is 11.2. The van der Waals surface area contributed by atoms with Crippen molar-refractivity contribution in [2.75, 3.05) is 0 Å². The van der Waals surface area contributed by atoms with Crippen molar-refractivity contribution in [2.24, 2.45) is 5.92 Å². The van der Waals surface area contributed by atoms with E-state index in [0.717, 1.165) is 17.8 Å². The van der Waals surface area contributed by atoms with E-state index in [-0.39, 0.29) is 29.4 Å². The van der Waals surface area contributed by atoms with Gasteiger partial charge in [0.15, 0.2) is 5.78 Å². The van der Waals surface area contributed by atoms with Gasteiger partial charge in [-0.25, -0.2) is 9.37 Å². The fourth-order valence-electron chi connectivity index (χ4n) is 5.16. The van der Waals surface area contributed by atoms with Crippen molar-refractivity contribution in [3.63, 3.8) is 0 Å². The smallest absolute Gasteiger partial charge is 0.387 e. The average Bonchev–Trinajstić information content (AvgIpc) is 3.44. The molecular formula is C26H20F3N3O2. The normalized spacial score (nSPS) is 20.4. The van der Waals surface area contributed by atoms with Crippen LogP contribution in [0.2, 0.25) is 0 Å². The molecule has 6 rings (SSSR count). The van der Waals surface area contributed by atoms with Gasteiger partial charge in [0.25, 0.3) is 0 Å². The summed E-state index contributed by atoms with van der Waals surface area (Å²) < 4.78 is 48.1. The Hall–Kier alpha value is -3.68. The fraction of sp³-hybridized carbons (Fsp3) is 0.269. The lowest BCUT2D eigenvalue weighted by Crippen LogP contribution is -2.13. The van der Waals surface area contributed by atoms with Gasteiger partial charge in [-0.05, 0) is 30.5 Å². The zero-order valence-corrected chi connectivity index (χ0v) is 18.2. The molecule has 1 aliphatic heterocycles. The van der Waals surface area contributed by atoms with Gasteiger partial charge in [0.1, 0.15) is 23.1 Å². The summed E-state index contributed by atoms with van der Waals surface area (Å²) in [5.41, 5.74) is 3.14. The summed E-state index contributed by atoms with van der Waals surface area (Å²) in [6.07, 6.45) is 2.74. The van der Waals surface area contributed by atoms with Crippen LogP contribution in [0.3, 0.4) is 0 Å². The molecule has 0 unspecified atom stereocenters. The molecule has 0 spiro atoms. The molecular weight excluding hydrogens is 443 g/mol. The van der Waals surface area contributed by atoms with Gasteiger partial charge in [-0.3, -0.25) is 9.78 Å². The number of hydrogen-bond donors (Lipinski definition) is 0. The summed E-state index contributed by atoms with van der Waals surface area (Å²) in [4.78, 5) is 20.8. The van der Waals surface area contributed by atoms with Crippen molar-refractivity contribution in [1.82, 2.24) is 14.5 Å². The molecule has 0 amide bonds. The highest BCUT2D eigenvalue weighted by atomic mass is 19.3. The second kappa shape index (κ2) is 7.68. The van der Waals surface area contributed by atoms with E-state index in [4.69, 9.17) is 9.72 Å². The van der Waals surface area contributed by atoms with Crippen LogP contribution < -0.4 is 4.74 Å². The number of Topliss-reactive ketones (excluding diaryl/α,β-unsaturated/α-hetero) is 1. The van der Waals surface area contributed by atoms with Gasteiger partial charge in [-0.1, -0.05) is 31.2 Å². The van der Waals surface area contributed by atoms with E-state index in [9.17, 15) is 13.6 Å². The topological polar surface area (TPSA) is 57.0 Å². The van der Waals surface area contributed by atoms with E-state index < -0.39 is 12.4 Å². The highest BCUT2D eigenvalue weighted by Crippen LogP contribution is 2.63. The van der Waals surface area contributed by atoms with Gasteiger partial charge in [0.05, 0.1) is 17.1 Å². The van der Waals surface area contributed by atoms with Crippen LogP contribution in [-0.2, 0) is 0 Å². The minimum absolute atomic E-state index is 0.0807. The van der Waals surface area contributed by atoms with Crippen LogP contribution in [0.25, 0.3) is 22.2 Å². The molecule has 2 aromatic carbocycles. The van der Waals surface area contributed by atoms with E-state index >= 15 is 4.39 Å². The summed E-state index contributed by atoms with van der Waals surface area (Å²) in [5.74, 6) is 0.920. The SMILES string of the molecule is CCC(=O)c1ccc(-c2cc3c(cc2F)nc2n3[C@@H](c3ccccc3OC(F)F)[C@H]3C[C@@H]23)cn1. The van der Waals surface area contributed by atoms with Crippen molar-refractivity contribution < 1.29 is 22.7 Å². The molecule has 2 aliphatic rings. The second-order valence-corrected chi connectivity index (χ2v) is 8.74. The van der Waals surface area contributed by atoms with E-state index in [2.05, 4.69) is 4.98 Å². The lowest BCUT2D eigenvalue weighted by Gasteiger charge is -2.21. The van der Waals surface area contributed by atoms with Crippen LogP contribution in [0, 0.1) is 11.7 Å². The predicted octanol–water partition coefficient (Wildman–Crippen LogP) is 6.14. The number of para-hydroxylation sites is 1. The number of fused-ring (bicyclic) bond motifs is 5. The number of nitrogens with zero attached hydrogens (tertiary/aromatic N) is 3. The fourth-order valence-corrected chi connectivity index (χ4v) is 5.16. The van der Waals surface area contributed by atoms with Crippen LogP contribution in [0.1, 0.15) is 53.6 Å². The molecule has 4 aromatic rings. The first kappa shape index (κ1) is 20.9. The monoisotopic (exact) mass is 463 g/mol. The minimum Gasteiger partial charge on any atom is -0.434 e. The number of carbonyl (C=O) groups excluding carboxylic acids is 1. The predicted molar refractivity (Wildman–Crippen MR) is 120 cm³/mol. The minimum atomic E-state index is -2.92. The molecule has 0 saturated heterocycles. The number of ether oxygens (including phenoxy) is 1. The molecule has 5 nitrogen and oxygen atoms in total. The van der Waals surface area contributed by atoms with Gasteiger partial charge >= 0.3 is 6.61 Å². The van der Waals surface area contributed by atoms with E-state index in [1.165, 1.54) is 12.3 Å². The van der Waals surface area contributed by atoms with E-state index in [0.29, 0.717) is 34.3 Å². The Morgan fingerprint density at radius 2 is 2.03 bits per heavy atom. The lowest BCUT2D eigenvalue weighted by molar-refractivity contribution is -0.0507. The van der Waals surface area contributed by atoms with Crippen molar-refractivity contribution >= 4 is 16.8 Å². The number of aromatic nitrogens is 3. The third kappa shape index (κ3) is 3.20. The highest BCUT2D eigenvalue weighted by Gasteiger charge is 2.55. The van der Waals surface area contributed by atoms with Gasteiger partial charge in [-0.15, -0.1) is 0 Å². The van der Waals surface area contributed by atoms with Gasteiger partial charge in [0.2, 0.25) is 0 Å². The Balaban J connectivity index is 1.48. The molecule has 0 radical (unpaired) electrons. The number of halogens is 3. The Labute approximate surface area is 193 Å². The molecule has 0 N–H and O–H groups in total. The number of carbonyl (C=O) groups is 1. The summed E-state index contributed by atoms with van der Waals surface area (Å²) in [6.45, 7) is -1.16. The Kier molecular flexibility index (Phi) is 4.72. The molecule has 1 aliphatic carbocycles. The zero-order valence-electron chi connectivity index (χ0n) is 18.2. The molecule has 3 heterocycles. The molecule has 34 heavy (non-hydrogen) atoms. The Bertz CT molecular complexity index is 1430. The van der Waals surface area contributed by atoms with Crippen LogP contribution in [-0.4, -0.2) is 26.9 Å². The van der Waals surface area contributed by atoms with Gasteiger partial charge < -0.3 is 9.30 Å². The Morgan fingerprint density at radius 1 is 1.21 bits per heavy atom. The molecule has 1 saturated carbocycles. The number of alkyl halides is 2. The standard InChI is InChI=1S/C26H20F3N3O2/c1-2-22(33)19-8-7-13(12-30-19)15-10-21-20(11-18(15)27)31-25-17-9-16(17)24(32(21)25)14-5-3-4-6-23(14)34-26(28)29/h3-8,10-12,16-17,24,26H,2,9H2,1H3/t16-,17+,24-/m0/s1.